The normalized spacial score (nSPS) is 26.6. The van der Waals surface area contributed by atoms with Crippen LogP contribution in [0.5, 0.6) is 0 Å². The molecule has 2 aliphatic rings. The molecule has 1 aromatic heterocycles. The van der Waals surface area contributed by atoms with E-state index in [1.165, 1.54) is 4.90 Å². The van der Waals surface area contributed by atoms with Crippen LogP contribution < -0.4 is 4.90 Å². The molecule has 92 valence electrons. The molecule has 1 aliphatic heterocycles. The number of hydrogen-bond donors (Lipinski definition) is 0. The Hall–Kier alpha value is -1.97. The third-order valence-corrected chi connectivity index (χ3v) is 3.70. The molecular formula is C14H14N2O2. The second-order valence-electron chi connectivity index (χ2n) is 4.81. The van der Waals surface area contributed by atoms with Crippen molar-refractivity contribution in [1.29, 1.82) is 0 Å². The van der Waals surface area contributed by atoms with Crippen LogP contribution in [-0.4, -0.2) is 16.8 Å². The molecule has 0 spiro atoms. The first-order valence-electron chi connectivity index (χ1n) is 6.14. The molecule has 1 aliphatic carbocycles. The van der Waals surface area contributed by atoms with Gasteiger partial charge in [-0.3, -0.25) is 9.59 Å². The van der Waals surface area contributed by atoms with Crippen molar-refractivity contribution in [3.8, 4) is 0 Å². The van der Waals surface area contributed by atoms with Crippen LogP contribution >= 0.6 is 0 Å². The summed E-state index contributed by atoms with van der Waals surface area (Å²) in [6, 6.07) is 3.67. The molecule has 0 bridgehead atoms. The molecular weight excluding hydrogens is 228 g/mol. The van der Waals surface area contributed by atoms with E-state index in [9.17, 15) is 9.59 Å². The van der Waals surface area contributed by atoms with E-state index >= 15 is 0 Å². The number of nitrogens with zero attached hydrogens (tertiary/aromatic N) is 2. The highest BCUT2D eigenvalue weighted by Gasteiger charge is 2.48. The van der Waals surface area contributed by atoms with Crippen molar-refractivity contribution in [1.82, 2.24) is 4.98 Å². The van der Waals surface area contributed by atoms with Gasteiger partial charge in [0.25, 0.3) is 0 Å². The lowest BCUT2D eigenvalue weighted by atomic mass is 9.85. The zero-order valence-corrected chi connectivity index (χ0v) is 10.2. The van der Waals surface area contributed by atoms with E-state index in [4.69, 9.17) is 0 Å². The number of aryl methyl sites for hydroxylation is 1. The van der Waals surface area contributed by atoms with Crippen molar-refractivity contribution in [2.45, 2.75) is 19.8 Å². The standard InChI is InChI=1S/C14H14N2O2/c1-9-5-4-8-15-12(9)16-13(17)10-6-2-3-7-11(10)14(16)18/h2-5,8,10-11H,6-7H2,1H3/t10-,11-/m0/s1. The molecule has 1 saturated heterocycles. The zero-order valence-electron chi connectivity index (χ0n) is 10.2. The summed E-state index contributed by atoms with van der Waals surface area (Å²) < 4.78 is 0. The quantitative estimate of drug-likeness (QED) is 0.557. The number of pyridine rings is 1. The number of amides is 2. The lowest BCUT2D eigenvalue weighted by Gasteiger charge is -2.15. The predicted molar refractivity (Wildman–Crippen MR) is 66.8 cm³/mol. The maximum absolute atomic E-state index is 12.3. The first-order chi connectivity index (χ1) is 8.70. The Labute approximate surface area is 105 Å². The third kappa shape index (κ3) is 1.49. The number of rotatable bonds is 1. The van der Waals surface area contributed by atoms with Crippen molar-refractivity contribution < 1.29 is 9.59 Å². The lowest BCUT2D eigenvalue weighted by molar-refractivity contribution is -0.122. The minimum absolute atomic E-state index is 0.101. The van der Waals surface area contributed by atoms with Gasteiger partial charge in [0.15, 0.2) is 0 Å². The summed E-state index contributed by atoms with van der Waals surface area (Å²) in [6.45, 7) is 1.86. The van der Waals surface area contributed by atoms with Crippen LogP contribution in [0.15, 0.2) is 30.5 Å². The maximum Gasteiger partial charge on any atom is 0.239 e. The second-order valence-corrected chi connectivity index (χ2v) is 4.81. The Bertz CT molecular complexity index is 524. The lowest BCUT2D eigenvalue weighted by Crippen LogP contribution is -2.32. The summed E-state index contributed by atoms with van der Waals surface area (Å²) in [5.41, 5.74) is 0.853. The number of fused-ring (bicyclic) bond motifs is 1. The summed E-state index contributed by atoms with van der Waals surface area (Å²) in [5.74, 6) is -0.0954. The highest BCUT2D eigenvalue weighted by Crippen LogP contribution is 2.37. The van der Waals surface area contributed by atoms with Crippen LogP contribution in [-0.2, 0) is 9.59 Å². The van der Waals surface area contributed by atoms with Crippen LogP contribution in [0.2, 0.25) is 0 Å². The SMILES string of the molecule is Cc1cccnc1N1C(=O)[C@H]2CC=CC[C@@H]2C1=O. The Morgan fingerprint density at radius 2 is 1.78 bits per heavy atom. The van der Waals surface area contributed by atoms with Crippen LogP contribution in [0.1, 0.15) is 18.4 Å². The van der Waals surface area contributed by atoms with Gasteiger partial charge in [-0.2, -0.15) is 0 Å². The van der Waals surface area contributed by atoms with Gasteiger partial charge in [-0.15, -0.1) is 0 Å². The highest BCUT2D eigenvalue weighted by molar-refractivity contribution is 6.22. The second kappa shape index (κ2) is 4.05. The summed E-state index contributed by atoms with van der Waals surface area (Å²) in [4.78, 5) is 30.1. The number of imide groups is 1. The van der Waals surface area contributed by atoms with Gasteiger partial charge in [-0.25, -0.2) is 9.88 Å². The molecule has 3 rings (SSSR count). The topological polar surface area (TPSA) is 50.3 Å². The molecule has 4 nitrogen and oxygen atoms in total. The minimum atomic E-state index is -0.191. The van der Waals surface area contributed by atoms with Gasteiger partial charge < -0.3 is 0 Å². The van der Waals surface area contributed by atoms with Crippen LogP contribution in [0, 0.1) is 18.8 Å². The minimum Gasteiger partial charge on any atom is -0.274 e. The van der Waals surface area contributed by atoms with E-state index in [0.717, 1.165) is 5.56 Å². The molecule has 0 aromatic carbocycles. The summed E-state index contributed by atoms with van der Waals surface area (Å²) >= 11 is 0. The maximum atomic E-state index is 12.3. The third-order valence-electron chi connectivity index (χ3n) is 3.70. The fraction of sp³-hybridized carbons (Fsp3) is 0.357. The van der Waals surface area contributed by atoms with Gasteiger partial charge in [0.1, 0.15) is 5.82 Å². The number of anilines is 1. The van der Waals surface area contributed by atoms with E-state index in [1.54, 1.807) is 12.3 Å². The molecule has 0 saturated carbocycles. The first kappa shape index (κ1) is 11.1. The monoisotopic (exact) mass is 242 g/mol. The van der Waals surface area contributed by atoms with Gasteiger partial charge in [-0.1, -0.05) is 18.2 Å². The Kier molecular flexibility index (Phi) is 2.51. The van der Waals surface area contributed by atoms with E-state index in [2.05, 4.69) is 4.98 Å². The predicted octanol–water partition coefficient (Wildman–Crippen LogP) is 1.85. The molecule has 2 amide bonds. The van der Waals surface area contributed by atoms with Crippen LogP contribution in [0.3, 0.4) is 0 Å². The van der Waals surface area contributed by atoms with Gasteiger partial charge in [0.05, 0.1) is 11.8 Å². The van der Waals surface area contributed by atoms with Crippen molar-refractivity contribution in [3.63, 3.8) is 0 Å². The Morgan fingerprint density at radius 3 is 2.33 bits per heavy atom. The van der Waals surface area contributed by atoms with Crippen molar-refractivity contribution in [3.05, 3.63) is 36.0 Å². The molecule has 18 heavy (non-hydrogen) atoms. The van der Waals surface area contributed by atoms with Gasteiger partial charge in [0, 0.05) is 6.20 Å². The molecule has 4 heteroatoms. The van der Waals surface area contributed by atoms with E-state index in [1.807, 2.05) is 25.1 Å². The molecule has 0 radical (unpaired) electrons. The zero-order chi connectivity index (χ0) is 12.7. The highest BCUT2D eigenvalue weighted by atomic mass is 16.2. The molecule has 2 atom stereocenters. The summed E-state index contributed by atoms with van der Waals surface area (Å²) in [7, 11) is 0. The number of allylic oxidation sites excluding steroid dienone is 2. The summed E-state index contributed by atoms with van der Waals surface area (Å²) in [5, 5.41) is 0. The average molecular weight is 242 g/mol. The Morgan fingerprint density at radius 1 is 1.17 bits per heavy atom. The van der Waals surface area contributed by atoms with Gasteiger partial charge >= 0.3 is 0 Å². The number of aromatic nitrogens is 1. The molecule has 1 aromatic rings. The molecule has 0 unspecified atom stereocenters. The number of carbonyl (C=O) groups is 2. The molecule has 0 N–H and O–H groups in total. The number of carbonyl (C=O) groups excluding carboxylic acids is 2. The fourth-order valence-corrected chi connectivity index (χ4v) is 2.72. The van der Waals surface area contributed by atoms with E-state index < -0.39 is 0 Å². The molecule has 1 fully saturated rings. The van der Waals surface area contributed by atoms with Crippen molar-refractivity contribution in [2.75, 3.05) is 4.90 Å². The fourth-order valence-electron chi connectivity index (χ4n) is 2.72. The van der Waals surface area contributed by atoms with E-state index in [0.29, 0.717) is 18.7 Å². The largest absolute Gasteiger partial charge is 0.274 e. The van der Waals surface area contributed by atoms with E-state index in [-0.39, 0.29) is 23.7 Å². The van der Waals surface area contributed by atoms with Crippen molar-refractivity contribution in [2.24, 2.45) is 11.8 Å². The summed E-state index contributed by atoms with van der Waals surface area (Å²) in [6.07, 6.45) is 6.92. The van der Waals surface area contributed by atoms with Crippen LogP contribution in [0.25, 0.3) is 0 Å². The molecule has 2 heterocycles. The Balaban J connectivity index is 2.02. The number of hydrogen-bond acceptors (Lipinski definition) is 3. The van der Waals surface area contributed by atoms with Crippen LogP contribution in [0.4, 0.5) is 5.82 Å². The first-order valence-corrected chi connectivity index (χ1v) is 6.14. The van der Waals surface area contributed by atoms with Gasteiger partial charge in [-0.05, 0) is 31.4 Å². The smallest absolute Gasteiger partial charge is 0.239 e. The van der Waals surface area contributed by atoms with Crippen molar-refractivity contribution >= 4 is 17.6 Å². The average Bonchev–Trinajstić information content (AvgIpc) is 2.64. The van der Waals surface area contributed by atoms with Gasteiger partial charge in [0.2, 0.25) is 11.8 Å².